The van der Waals surface area contributed by atoms with E-state index in [1.54, 1.807) is 38.3 Å². The molecule has 4 heteroatoms. The van der Waals surface area contributed by atoms with Crippen molar-refractivity contribution in [3.8, 4) is 5.75 Å². The van der Waals surface area contributed by atoms with E-state index in [-0.39, 0.29) is 26.5 Å². The van der Waals surface area contributed by atoms with Crippen LogP contribution in [0, 0.1) is 0 Å². The summed E-state index contributed by atoms with van der Waals surface area (Å²) in [5.41, 5.74) is 1.60. The Morgan fingerprint density at radius 1 is 0.864 bits per heavy atom. The molecular formula is C18H14O3Se. The van der Waals surface area contributed by atoms with Gasteiger partial charge in [0.05, 0.1) is 0 Å². The van der Waals surface area contributed by atoms with Gasteiger partial charge in [0.2, 0.25) is 0 Å². The van der Waals surface area contributed by atoms with Crippen molar-refractivity contribution in [3.05, 3.63) is 69.7 Å². The molecule has 110 valence electrons. The first-order chi connectivity index (χ1) is 10.6. The fourth-order valence-corrected chi connectivity index (χ4v) is 4.37. The van der Waals surface area contributed by atoms with Crippen molar-refractivity contribution >= 4 is 31.0 Å². The van der Waals surface area contributed by atoms with Crippen LogP contribution >= 0.6 is 0 Å². The molecule has 22 heavy (non-hydrogen) atoms. The minimum atomic E-state index is -0.198. The van der Waals surface area contributed by atoms with E-state index in [9.17, 15) is 9.59 Å². The first-order valence-corrected chi connectivity index (χ1v) is 8.54. The maximum absolute atomic E-state index is 12.7. The fourth-order valence-electron chi connectivity index (χ4n) is 2.36. The van der Waals surface area contributed by atoms with E-state index in [1.807, 2.05) is 24.3 Å². The summed E-state index contributed by atoms with van der Waals surface area (Å²) >= 11 is -0.198. The van der Waals surface area contributed by atoms with Crippen LogP contribution in [-0.4, -0.2) is 33.6 Å². The Labute approximate surface area is 135 Å². The monoisotopic (exact) mass is 358 g/mol. The minimum absolute atomic E-state index is 0.0245. The zero-order valence-electron chi connectivity index (χ0n) is 12.3. The van der Waals surface area contributed by atoms with E-state index in [2.05, 4.69) is 0 Å². The third kappa shape index (κ3) is 2.52. The van der Waals surface area contributed by atoms with E-state index in [4.69, 9.17) is 4.74 Å². The van der Waals surface area contributed by atoms with Crippen LogP contribution in [0.15, 0.2) is 58.6 Å². The summed E-state index contributed by atoms with van der Waals surface area (Å²) in [5.74, 6) is 0.714. The molecule has 0 heterocycles. The predicted molar refractivity (Wildman–Crippen MR) is 86.2 cm³/mol. The summed E-state index contributed by atoms with van der Waals surface area (Å²) in [6, 6.07) is 14.7. The second kappa shape index (κ2) is 5.91. The molecule has 0 aliphatic heterocycles. The van der Waals surface area contributed by atoms with Crippen molar-refractivity contribution in [1.29, 1.82) is 0 Å². The second-order valence-electron chi connectivity index (χ2n) is 4.94. The van der Waals surface area contributed by atoms with E-state index in [0.29, 0.717) is 21.2 Å². The number of rotatable bonds is 3. The Hall–Kier alpha value is -2.16. The van der Waals surface area contributed by atoms with Crippen LogP contribution in [0.4, 0.5) is 0 Å². The third-order valence-electron chi connectivity index (χ3n) is 3.58. The number of ketones is 2. The Bertz CT molecular complexity index is 788. The van der Waals surface area contributed by atoms with Crippen molar-refractivity contribution in [2.75, 3.05) is 7.11 Å². The second-order valence-corrected chi connectivity index (χ2v) is 7.21. The molecule has 2 aromatic carbocycles. The van der Waals surface area contributed by atoms with Crippen LogP contribution in [0.3, 0.4) is 0 Å². The molecule has 0 fully saturated rings. The zero-order valence-corrected chi connectivity index (χ0v) is 14.0. The average molecular weight is 357 g/mol. The number of hydrogen-bond donors (Lipinski definition) is 0. The molecule has 0 aromatic heterocycles. The van der Waals surface area contributed by atoms with Gasteiger partial charge in [-0.25, -0.2) is 0 Å². The van der Waals surface area contributed by atoms with Gasteiger partial charge in [-0.1, -0.05) is 0 Å². The van der Waals surface area contributed by atoms with Gasteiger partial charge in [-0.15, -0.1) is 0 Å². The van der Waals surface area contributed by atoms with Gasteiger partial charge in [-0.3, -0.25) is 0 Å². The standard InChI is InChI=1S/C18H14O3Se/c1-11-16(19)14-5-3-4-6-15(14)17(20)18(11)22-13-9-7-12(21-2)8-10-13/h3-10H,1-2H3. The molecule has 1 aliphatic rings. The predicted octanol–water partition coefficient (Wildman–Crippen LogP) is 2.38. The molecule has 0 N–H and O–H groups in total. The van der Waals surface area contributed by atoms with E-state index in [0.717, 1.165) is 10.2 Å². The van der Waals surface area contributed by atoms with Crippen molar-refractivity contribution in [2.24, 2.45) is 0 Å². The number of carbonyl (C=O) groups excluding carboxylic acids is 2. The van der Waals surface area contributed by atoms with Crippen LogP contribution in [0.25, 0.3) is 0 Å². The molecule has 0 saturated heterocycles. The number of fused-ring (bicyclic) bond motifs is 1. The van der Waals surface area contributed by atoms with Crippen LogP contribution < -0.4 is 9.20 Å². The van der Waals surface area contributed by atoms with E-state index >= 15 is 0 Å². The van der Waals surface area contributed by atoms with Crippen molar-refractivity contribution in [2.45, 2.75) is 6.92 Å². The van der Waals surface area contributed by atoms with Gasteiger partial charge >= 0.3 is 135 Å². The van der Waals surface area contributed by atoms with Crippen LogP contribution in [0.2, 0.25) is 0 Å². The molecule has 3 nitrogen and oxygen atoms in total. The normalized spacial score (nSPS) is 14.1. The molecule has 2 aromatic rings. The number of carbonyl (C=O) groups is 2. The molecule has 3 rings (SSSR count). The summed E-state index contributed by atoms with van der Waals surface area (Å²) < 4.78 is 6.82. The summed E-state index contributed by atoms with van der Waals surface area (Å²) in [6.07, 6.45) is 0. The molecule has 0 atom stereocenters. The molecular weight excluding hydrogens is 343 g/mol. The SMILES string of the molecule is COc1ccc([Se]C2=C(C)C(=O)c3ccccc3C2=O)cc1. The van der Waals surface area contributed by atoms with Crippen LogP contribution in [-0.2, 0) is 0 Å². The Morgan fingerprint density at radius 2 is 1.45 bits per heavy atom. The maximum atomic E-state index is 12.7. The number of Topliss-reactive ketones (excluding diaryl/α,β-unsaturated/α-hetero) is 2. The fraction of sp³-hybridized carbons (Fsp3) is 0.111. The zero-order chi connectivity index (χ0) is 15.7. The van der Waals surface area contributed by atoms with Gasteiger partial charge < -0.3 is 0 Å². The van der Waals surface area contributed by atoms with Crippen molar-refractivity contribution in [1.82, 2.24) is 0 Å². The van der Waals surface area contributed by atoms with Gasteiger partial charge in [0.15, 0.2) is 0 Å². The van der Waals surface area contributed by atoms with Crippen molar-refractivity contribution in [3.63, 3.8) is 0 Å². The number of ether oxygens (including phenoxy) is 1. The van der Waals surface area contributed by atoms with Gasteiger partial charge in [0.25, 0.3) is 0 Å². The molecule has 0 spiro atoms. The number of allylic oxidation sites excluding steroid dienone is 2. The Morgan fingerprint density at radius 3 is 2.05 bits per heavy atom. The molecule has 0 saturated carbocycles. The summed E-state index contributed by atoms with van der Waals surface area (Å²) in [6.45, 7) is 1.75. The Kier molecular flexibility index (Phi) is 3.97. The third-order valence-corrected chi connectivity index (χ3v) is 6.11. The van der Waals surface area contributed by atoms with E-state index < -0.39 is 0 Å². The Balaban J connectivity index is 1.97. The molecule has 0 unspecified atom stereocenters. The average Bonchev–Trinajstić information content (AvgIpc) is 2.57. The summed E-state index contributed by atoms with van der Waals surface area (Å²) in [5, 5.41) is 0. The quantitative estimate of drug-likeness (QED) is 0.793. The van der Waals surface area contributed by atoms with Gasteiger partial charge in [0, 0.05) is 0 Å². The number of hydrogen-bond acceptors (Lipinski definition) is 3. The van der Waals surface area contributed by atoms with E-state index in [1.165, 1.54) is 0 Å². The number of benzene rings is 2. The first-order valence-electron chi connectivity index (χ1n) is 6.83. The molecule has 0 radical (unpaired) electrons. The van der Waals surface area contributed by atoms with Crippen molar-refractivity contribution < 1.29 is 14.3 Å². The van der Waals surface area contributed by atoms with Crippen LogP contribution in [0.5, 0.6) is 5.75 Å². The first kappa shape index (κ1) is 14.8. The topological polar surface area (TPSA) is 43.4 Å². The molecule has 0 bridgehead atoms. The number of methoxy groups -OCH3 is 1. The van der Waals surface area contributed by atoms with Gasteiger partial charge in [-0.05, 0) is 0 Å². The summed E-state index contributed by atoms with van der Waals surface area (Å²) in [7, 11) is 1.62. The summed E-state index contributed by atoms with van der Waals surface area (Å²) in [4.78, 5) is 25.1. The van der Waals surface area contributed by atoms with Gasteiger partial charge in [0.1, 0.15) is 0 Å². The molecule has 1 aliphatic carbocycles. The molecule has 0 amide bonds. The van der Waals surface area contributed by atoms with Crippen LogP contribution in [0.1, 0.15) is 27.6 Å². The van der Waals surface area contributed by atoms with Gasteiger partial charge in [-0.2, -0.15) is 0 Å².